The Morgan fingerprint density at radius 3 is 2.69 bits per heavy atom. The molecule has 0 amide bonds. The summed E-state index contributed by atoms with van der Waals surface area (Å²) in [6.45, 7) is 7.04. The van der Waals surface area contributed by atoms with Crippen molar-refractivity contribution >= 4 is 11.5 Å². The van der Waals surface area contributed by atoms with E-state index in [4.69, 9.17) is 4.98 Å². The predicted octanol–water partition coefficient (Wildman–Crippen LogP) is 2.53. The maximum atomic E-state index is 13.1. The van der Waals surface area contributed by atoms with Crippen molar-refractivity contribution < 1.29 is 0 Å². The number of anilines is 2. The van der Waals surface area contributed by atoms with Crippen molar-refractivity contribution in [3.63, 3.8) is 0 Å². The van der Waals surface area contributed by atoms with Crippen LogP contribution in [0.1, 0.15) is 51.6 Å². The molecule has 1 unspecified atom stereocenters. The van der Waals surface area contributed by atoms with E-state index in [1.54, 1.807) is 27.7 Å². The van der Waals surface area contributed by atoms with Crippen LogP contribution in [0, 0.1) is 5.92 Å². The van der Waals surface area contributed by atoms with Crippen molar-refractivity contribution in [3.8, 4) is 11.4 Å². The molecular formula is C26H35N9O. The molecule has 2 atom stereocenters. The van der Waals surface area contributed by atoms with E-state index in [9.17, 15) is 4.79 Å². The Morgan fingerprint density at radius 1 is 1.06 bits per heavy atom. The van der Waals surface area contributed by atoms with E-state index in [1.165, 1.54) is 32.1 Å². The van der Waals surface area contributed by atoms with Crippen LogP contribution in [0.2, 0.25) is 0 Å². The van der Waals surface area contributed by atoms with Gasteiger partial charge in [0, 0.05) is 50.2 Å². The van der Waals surface area contributed by atoms with Gasteiger partial charge in [0.05, 0.1) is 18.6 Å². The van der Waals surface area contributed by atoms with Gasteiger partial charge in [-0.1, -0.05) is 5.21 Å². The molecule has 0 radical (unpaired) electrons. The minimum atomic E-state index is -0.308. The Morgan fingerprint density at radius 2 is 1.89 bits per heavy atom. The van der Waals surface area contributed by atoms with E-state index >= 15 is 0 Å². The highest BCUT2D eigenvalue weighted by Crippen LogP contribution is 2.28. The summed E-state index contributed by atoms with van der Waals surface area (Å²) < 4.78 is 3.40. The van der Waals surface area contributed by atoms with Gasteiger partial charge < -0.3 is 15.1 Å². The number of nitrogens with zero attached hydrogens (tertiary/aromatic N) is 8. The van der Waals surface area contributed by atoms with Crippen molar-refractivity contribution in [3.05, 3.63) is 47.3 Å². The number of piperidine rings is 1. The van der Waals surface area contributed by atoms with E-state index in [0.29, 0.717) is 17.4 Å². The summed E-state index contributed by atoms with van der Waals surface area (Å²) in [6.07, 6.45) is 14.4. The van der Waals surface area contributed by atoms with Crippen molar-refractivity contribution in [2.45, 2.75) is 57.7 Å². The second kappa shape index (κ2) is 10.0. The molecule has 1 aliphatic carbocycles. The molecule has 36 heavy (non-hydrogen) atoms. The van der Waals surface area contributed by atoms with E-state index in [2.05, 4.69) is 30.4 Å². The number of pyridine rings is 1. The number of rotatable bonds is 8. The zero-order valence-electron chi connectivity index (χ0n) is 21.0. The van der Waals surface area contributed by atoms with E-state index < -0.39 is 0 Å². The van der Waals surface area contributed by atoms with Crippen LogP contribution in [0.4, 0.5) is 11.5 Å². The molecule has 6 rings (SSSR count). The summed E-state index contributed by atoms with van der Waals surface area (Å²) in [5.74, 6) is 1.76. The topological polar surface area (TPSA) is 97.0 Å². The van der Waals surface area contributed by atoms with Gasteiger partial charge in [-0.05, 0) is 64.0 Å². The van der Waals surface area contributed by atoms with Crippen LogP contribution < -0.4 is 20.7 Å². The molecule has 1 saturated carbocycles. The summed E-state index contributed by atoms with van der Waals surface area (Å²) in [5, 5.41) is 12.4. The van der Waals surface area contributed by atoms with Crippen LogP contribution in [-0.4, -0.2) is 68.3 Å². The Balaban J connectivity index is 1.15. The van der Waals surface area contributed by atoms with E-state index in [0.717, 1.165) is 56.6 Å². The lowest BCUT2D eigenvalue weighted by Crippen LogP contribution is -2.46. The molecule has 10 heteroatoms. The normalized spacial score (nSPS) is 21.2. The molecular weight excluding hydrogens is 454 g/mol. The van der Waals surface area contributed by atoms with Gasteiger partial charge in [-0.25, -0.2) is 9.67 Å². The first-order valence-corrected chi connectivity index (χ1v) is 13.3. The Labute approximate surface area is 211 Å². The van der Waals surface area contributed by atoms with Gasteiger partial charge in [0.15, 0.2) is 0 Å². The molecule has 0 spiro atoms. The van der Waals surface area contributed by atoms with Crippen molar-refractivity contribution in [1.82, 2.24) is 34.8 Å². The van der Waals surface area contributed by atoms with E-state index in [1.807, 2.05) is 25.4 Å². The Hall–Kier alpha value is -3.27. The second-order valence-corrected chi connectivity index (χ2v) is 10.4. The molecule has 3 fully saturated rings. The first-order valence-electron chi connectivity index (χ1n) is 13.3. The maximum absolute atomic E-state index is 13.1. The standard InChI is InChI=1S/C26H35N9O/c1-19(35-18-24(30-31-35)23-15-27-16-25(29-23)32-9-2-3-10-32)34-12-8-22(13-26(34)36)33-11-4-5-21(17-33)28-14-20-6-7-20/h8,12-13,15-16,18-21,28H,2-7,9-11,14,17H2,1H3/t19?,21-/m1/s1. The largest absolute Gasteiger partial charge is 0.370 e. The molecule has 1 N–H and O–H groups in total. The molecule has 3 aromatic rings. The summed E-state index contributed by atoms with van der Waals surface area (Å²) in [7, 11) is 0. The monoisotopic (exact) mass is 489 g/mol. The zero-order valence-corrected chi connectivity index (χ0v) is 21.0. The highest BCUT2D eigenvalue weighted by Gasteiger charge is 2.25. The SMILES string of the molecule is CC(n1cc(-c2cncc(N3CCCC3)n2)nn1)n1ccc(N2CCC[C@@H](NCC3CC3)C2)cc1=O. The van der Waals surface area contributed by atoms with E-state index in [-0.39, 0.29) is 11.7 Å². The summed E-state index contributed by atoms with van der Waals surface area (Å²) in [4.78, 5) is 26.8. The Bertz CT molecular complexity index is 1240. The molecule has 2 aliphatic heterocycles. The fourth-order valence-corrected chi connectivity index (χ4v) is 5.30. The molecule has 0 aromatic carbocycles. The molecule has 2 saturated heterocycles. The average molecular weight is 490 g/mol. The quantitative estimate of drug-likeness (QED) is 0.516. The van der Waals surface area contributed by atoms with Gasteiger partial charge in [0.2, 0.25) is 0 Å². The number of aromatic nitrogens is 6. The third-order valence-corrected chi connectivity index (χ3v) is 7.72. The van der Waals surface area contributed by atoms with Crippen molar-refractivity contribution in [2.24, 2.45) is 5.92 Å². The summed E-state index contributed by atoms with van der Waals surface area (Å²) in [5.41, 5.74) is 2.30. The summed E-state index contributed by atoms with van der Waals surface area (Å²) in [6, 6.07) is 4.30. The third kappa shape index (κ3) is 5.00. The van der Waals surface area contributed by atoms with Gasteiger partial charge in [-0.3, -0.25) is 14.3 Å². The minimum absolute atomic E-state index is 0.0408. The summed E-state index contributed by atoms with van der Waals surface area (Å²) >= 11 is 0. The second-order valence-electron chi connectivity index (χ2n) is 10.4. The third-order valence-electron chi connectivity index (χ3n) is 7.72. The van der Waals surface area contributed by atoms with Crippen molar-refractivity contribution in [2.75, 3.05) is 42.5 Å². The number of nitrogens with one attached hydrogen (secondary N) is 1. The molecule has 5 heterocycles. The van der Waals surface area contributed by atoms with Crippen LogP contribution in [0.5, 0.6) is 0 Å². The first kappa shape index (κ1) is 23.1. The fraction of sp³-hybridized carbons (Fsp3) is 0.577. The molecule has 190 valence electrons. The van der Waals surface area contributed by atoms with Crippen LogP contribution >= 0.6 is 0 Å². The van der Waals surface area contributed by atoms with Crippen LogP contribution in [-0.2, 0) is 0 Å². The lowest BCUT2D eigenvalue weighted by atomic mass is 10.0. The van der Waals surface area contributed by atoms with Crippen molar-refractivity contribution in [1.29, 1.82) is 0 Å². The molecule has 3 aliphatic rings. The highest BCUT2D eigenvalue weighted by molar-refractivity contribution is 5.54. The predicted molar refractivity (Wildman–Crippen MR) is 139 cm³/mol. The molecule has 3 aromatic heterocycles. The van der Waals surface area contributed by atoms with Gasteiger partial charge in [-0.15, -0.1) is 5.10 Å². The first-order chi connectivity index (χ1) is 17.6. The smallest absolute Gasteiger partial charge is 0.254 e. The highest BCUT2D eigenvalue weighted by atomic mass is 16.1. The lowest BCUT2D eigenvalue weighted by Gasteiger charge is -2.35. The van der Waals surface area contributed by atoms with Gasteiger partial charge >= 0.3 is 0 Å². The van der Waals surface area contributed by atoms with Gasteiger partial charge in [-0.2, -0.15) is 0 Å². The number of hydrogen-bond acceptors (Lipinski definition) is 8. The fourth-order valence-electron chi connectivity index (χ4n) is 5.30. The number of hydrogen-bond donors (Lipinski definition) is 1. The lowest BCUT2D eigenvalue weighted by molar-refractivity contribution is 0.403. The Kier molecular flexibility index (Phi) is 6.43. The molecule has 0 bridgehead atoms. The molecule has 10 nitrogen and oxygen atoms in total. The zero-order chi connectivity index (χ0) is 24.5. The minimum Gasteiger partial charge on any atom is -0.370 e. The van der Waals surface area contributed by atoms with Crippen LogP contribution in [0.25, 0.3) is 11.4 Å². The van der Waals surface area contributed by atoms with Crippen LogP contribution in [0.3, 0.4) is 0 Å². The average Bonchev–Trinajstić information content (AvgIpc) is 3.35. The van der Waals surface area contributed by atoms with Gasteiger partial charge in [0.1, 0.15) is 23.4 Å². The van der Waals surface area contributed by atoms with Crippen LogP contribution in [0.15, 0.2) is 41.7 Å². The maximum Gasteiger partial charge on any atom is 0.254 e. The van der Waals surface area contributed by atoms with Gasteiger partial charge in [0.25, 0.3) is 5.56 Å².